The molecule has 6 nitrogen and oxygen atoms in total. The molecule has 0 amide bonds. The summed E-state index contributed by atoms with van der Waals surface area (Å²) >= 11 is 0. The fourth-order valence-corrected chi connectivity index (χ4v) is 5.57. The van der Waals surface area contributed by atoms with Gasteiger partial charge in [-0.25, -0.2) is 4.79 Å². The lowest BCUT2D eigenvalue weighted by atomic mass is 9.78. The van der Waals surface area contributed by atoms with Gasteiger partial charge in [-0.1, -0.05) is 91.0 Å². The summed E-state index contributed by atoms with van der Waals surface area (Å²) in [6.07, 6.45) is 1.79. The number of nitrogens with two attached hydrogens (primary N) is 1. The average molecular weight is 537 g/mol. The Bertz CT molecular complexity index is 1420. The number of carbonyl (C=O) groups is 1. The summed E-state index contributed by atoms with van der Waals surface area (Å²) in [6.45, 7) is 3.52. The van der Waals surface area contributed by atoms with Crippen molar-refractivity contribution in [1.82, 2.24) is 4.90 Å². The number of benzene rings is 4. The minimum Gasteiger partial charge on any atom is -0.489 e. The summed E-state index contributed by atoms with van der Waals surface area (Å²) in [4.78, 5) is 15.2. The van der Waals surface area contributed by atoms with Crippen LogP contribution in [0.4, 0.5) is 0 Å². The minimum absolute atomic E-state index is 0.157. The first-order valence-corrected chi connectivity index (χ1v) is 13.8. The van der Waals surface area contributed by atoms with Gasteiger partial charge in [0.1, 0.15) is 12.4 Å². The summed E-state index contributed by atoms with van der Waals surface area (Å²) in [7, 11) is 0. The summed E-state index contributed by atoms with van der Waals surface area (Å²) in [6, 6.07) is 32.5. The molecule has 1 aliphatic heterocycles. The van der Waals surface area contributed by atoms with Crippen molar-refractivity contribution < 1.29 is 19.7 Å². The van der Waals surface area contributed by atoms with E-state index < -0.39 is 11.6 Å². The third kappa shape index (κ3) is 6.10. The molecule has 1 aliphatic rings. The van der Waals surface area contributed by atoms with E-state index in [1.54, 1.807) is 36.4 Å². The van der Waals surface area contributed by atoms with Gasteiger partial charge in [-0.15, -0.1) is 0 Å². The molecule has 40 heavy (non-hydrogen) atoms. The number of carboxylic acids is 1. The second kappa shape index (κ2) is 12.5. The molecule has 206 valence electrons. The van der Waals surface area contributed by atoms with Crippen LogP contribution in [0.1, 0.15) is 52.1 Å². The van der Waals surface area contributed by atoms with Crippen molar-refractivity contribution in [2.24, 2.45) is 5.73 Å². The highest BCUT2D eigenvalue weighted by Gasteiger charge is 2.43. The van der Waals surface area contributed by atoms with Gasteiger partial charge in [0.25, 0.3) is 0 Å². The lowest BCUT2D eigenvalue weighted by Crippen LogP contribution is -2.39. The zero-order valence-electron chi connectivity index (χ0n) is 22.6. The van der Waals surface area contributed by atoms with Crippen LogP contribution < -0.4 is 10.5 Å². The molecule has 6 heteroatoms. The Labute approximate surface area is 235 Å². The normalized spacial score (nSPS) is 15.8. The minimum atomic E-state index is -2.21. The number of likely N-dealkylation sites (tertiary alicyclic amines) is 1. The van der Waals surface area contributed by atoms with Gasteiger partial charge in [0.2, 0.25) is 5.60 Å². The summed E-state index contributed by atoms with van der Waals surface area (Å²) < 4.78 is 5.98. The summed E-state index contributed by atoms with van der Waals surface area (Å²) in [5.74, 6) is -0.659. The van der Waals surface area contributed by atoms with Gasteiger partial charge in [-0.3, -0.25) is 4.90 Å². The molecule has 0 unspecified atom stereocenters. The van der Waals surface area contributed by atoms with Crippen molar-refractivity contribution in [1.29, 1.82) is 0 Å². The number of hydrogen-bond acceptors (Lipinski definition) is 5. The van der Waals surface area contributed by atoms with E-state index in [1.807, 2.05) is 42.5 Å². The van der Waals surface area contributed by atoms with Gasteiger partial charge >= 0.3 is 5.97 Å². The van der Waals surface area contributed by atoms with Gasteiger partial charge in [0.15, 0.2) is 0 Å². The molecular formula is C34H36N2O4. The fraction of sp³-hybridized carbons (Fsp3) is 0.265. The number of rotatable bonds is 10. The van der Waals surface area contributed by atoms with Gasteiger partial charge in [-0.05, 0) is 66.2 Å². The molecule has 5 rings (SSSR count). The molecule has 1 saturated heterocycles. The highest BCUT2D eigenvalue weighted by molar-refractivity contribution is 5.84. The Morgan fingerprint density at radius 1 is 0.850 bits per heavy atom. The monoisotopic (exact) mass is 536 g/mol. The number of piperidine rings is 1. The second-order valence-corrected chi connectivity index (χ2v) is 10.5. The van der Waals surface area contributed by atoms with Crippen LogP contribution in [0.2, 0.25) is 0 Å². The fourth-order valence-electron chi connectivity index (χ4n) is 5.57. The maximum Gasteiger partial charge on any atom is 0.345 e. The molecule has 4 aromatic carbocycles. The van der Waals surface area contributed by atoms with Crippen LogP contribution in [0.3, 0.4) is 0 Å². The Balaban J connectivity index is 1.35. The highest BCUT2D eigenvalue weighted by atomic mass is 16.5. The summed E-state index contributed by atoms with van der Waals surface area (Å²) in [5, 5.41) is 22.3. The van der Waals surface area contributed by atoms with E-state index in [0.717, 1.165) is 49.2 Å². The predicted molar refractivity (Wildman–Crippen MR) is 156 cm³/mol. The topological polar surface area (TPSA) is 96.0 Å². The Kier molecular flexibility index (Phi) is 8.60. The van der Waals surface area contributed by atoms with Crippen molar-refractivity contribution in [2.45, 2.75) is 44.1 Å². The molecule has 1 atom stereocenters. The van der Waals surface area contributed by atoms with Crippen molar-refractivity contribution in [3.8, 4) is 5.75 Å². The van der Waals surface area contributed by atoms with E-state index in [1.165, 1.54) is 5.56 Å². The molecule has 4 N–H and O–H groups in total. The third-order valence-corrected chi connectivity index (χ3v) is 7.85. The lowest BCUT2D eigenvalue weighted by molar-refractivity contribution is -0.155. The molecule has 0 spiro atoms. The first kappa shape index (κ1) is 27.6. The zero-order valence-corrected chi connectivity index (χ0v) is 22.6. The molecule has 0 aromatic heterocycles. The molecule has 0 bridgehead atoms. The van der Waals surface area contributed by atoms with E-state index in [-0.39, 0.29) is 11.5 Å². The van der Waals surface area contributed by atoms with E-state index in [0.29, 0.717) is 24.5 Å². The Morgan fingerprint density at radius 3 is 2.23 bits per heavy atom. The average Bonchev–Trinajstić information content (AvgIpc) is 3.01. The zero-order chi connectivity index (χ0) is 28.0. The van der Waals surface area contributed by atoms with Crippen LogP contribution in [-0.2, 0) is 30.1 Å². The molecule has 0 radical (unpaired) electrons. The van der Waals surface area contributed by atoms with Crippen molar-refractivity contribution in [3.05, 3.63) is 137 Å². The quantitative estimate of drug-likeness (QED) is 0.250. The number of carboxylic acid groups (broad SMARTS) is 1. The van der Waals surface area contributed by atoms with Crippen LogP contribution >= 0.6 is 0 Å². The largest absolute Gasteiger partial charge is 0.489 e. The van der Waals surface area contributed by atoms with E-state index in [4.69, 9.17) is 10.5 Å². The first-order chi connectivity index (χ1) is 19.5. The molecule has 4 aromatic rings. The van der Waals surface area contributed by atoms with Gasteiger partial charge in [0.05, 0.1) is 0 Å². The molecule has 1 heterocycles. The molecule has 0 saturated carbocycles. The lowest BCUT2D eigenvalue weighted by Gasteiger charge is -2.35. The van der Waals surface area contributed by atoms with E-state index >= 15 is 0 Å². The van der Waals surface area contributed by atoms with Crippen molar-refractivity contribution >= 4 is 5.97 Å². The highest BCUT2D eigenvalue weighted by Crippen LogP contribution is 2.39. The maximum absolute atomic E-state index is 12.8. The van der Waals surface area contributed by atoms with Gasteiger partial charge in [-0.2, -0.15) is 0 Å². The van der Waals surface area contributed by atoms with Crippen LogP contribution in [0, 0.1) is 0 Å². The molecular weight excluding hydrogens is 500 g/mol. The number of nitrogens with zero attached hydrogens (tertiary/aromatic N) is 1. The first-order valence-electron chi connectivity index (χ1n) is 13.8. The number of hydrogen-bond donors (Lipinski definition) is 3. The smallest absolute Gasteiger partial charge is 0.345 e. The van der Waals surface area contributed by atoms with Crippen molar-refractivity contribution in [3.63, 3.8) is 0 Å². The third-order valence-electron chi connectivity index (χ3n) is 7.85. The molecule has 1 fully saturated rings. The second-order valence-electron chi connectivity index (χ2n) is 10.5. The predicted octanol–water partition coefficient (Wildman–Crippen LogP) is 5.42. The van der Waals surface area contributed by atoms with Crippen LogP contribution in [0.15, 0.2) is 103 Å². The van der Waals surface area contributed by atoms with Crippen LogP contribution in [0.25, 0.3) is 0 Å². The Hall–Kier alpha value is -3.97. The van der Waals surface area contributed by atoms with Gasteiger partial charge < -0.3 is 20.7 Å². The SMILES string of the molecule is NCc1ccc(COc2cccc([C@@](O)(C(=O)O)c3ccccc3C3CCN(Cc4ccccc4)CC3)c2)cc1. The van der Waals surface area contributed by atoms with Crippen molar-refractivity contribution in [2.75, 3.05) is 13.1 Å². The summed E-state index contributed by atoms with van der Waals surface area (Å²) in [5.41, 5.74) is 8.34. The Morgan fingerprint density at radius 2 is 1.52 bits per heavy atom. The number of ether oxygens (including phenoxy) is 1. The van der Waals surface area contributed by atoms with Crippen LogP contribution in [0.5, 0.6) is 5.75 Å². The van der Waals surface area contributed by atoms with E-state index in [2.05, 4.69) is 29.2 Å². The van der Waals surface area contributed by atoms with Gasteiger partial charge in [0, 0.05) is 24.2 Å². The van der Waals surface area contributed by atoms with E-state index in [9.17, 15) is 15.0 Å². The standard InChI is InChI=1S/C34H36N2O4/c35-22-25-13-15-27(16-14-25)24-40-30-10-6-9-29(21-30)34(39,33(37)38)32-12-5-4-11-31(32)28-17-19-36(20-18-28)23-26-7-2-1-3-8-26/h1-16,21,28,39H,17-20,22-24,35H2,(H,37,38)/t34-/m0/s1. The number of aliphatic hydroxyl groups is 1. The number of aliphatic carboxylic acids is 1. The maximum atomic E-state index is 12.8. The molecule has 0 aliphatic carbocycles. The van der Waals surface area contributed by atoms with Crippen LogP contribution in [-0.4, -0.2) is 34.2 Å².